The van der Waals surface area contributed by atoms with Crippen LogP contribution in [-0.2, 0) is 6.42 Å². The van der Waals surface area contributed by atoms with Gasteiger partial charge in [0.2, 0.25) is 0 Å². The molecule has 1 aliphatic heterocycles. The van der Waals surface area contributed by atoms with Gasteiger partial charge in [0.15, 0.2) is 23.1 Å². The minimum atomic E-state index is -0.666. The molecule has 0 atom stereocenters. The van der Waals surface area contributed by atoms with Crippen molar-refractivity contribution in [1.29, 1.82) is 0 Å². The zero-order valence-electron chi connectivity index (χ0n) is 9.75. The SMILES string of the molecule is CNCCc1c(O)c(F)cc2c1OCCCO2. The van der Waals surface area contributed by atoms with Crippen molar-refractivity contribution in [3.05, 3.63) is 17.4 Å². The molecule has 2 N–H and O–H groups in total. The summed E-state index contributed by atoms with van der Waals surface area (Å²) in [5, 5.41) is 12.7. The number of hydrogen-bond donors (Lipinski definition) is 2. The van der Waals surface area contributed by atoms with Crippen molar-refractivity contribution in [1.82, 2.24) is 5.32 Å². The van der Waals surface area contributed by atoms with Gasteiger partial charge in [-0.3, -0.25) is 0 Å². The van der Waals surface area contributed by atoms with E-state index < -0.39 is 5.82 Å². The number of nitrogens with one attached hydrogen (secondary N) is 1. The summed E-state index contributed by atoms with van der Waals surface area (Å²) in [6, 6.07) is 1.18. The van der Waals surface area contributed by atoms with Gasteiger partial charge in [0, 0.05) is 18.1 Å². The lowest BCUT2D eigenvalue weighted by molar-refractivity contribution is 0.295. The van der Waals surface area contributed by atoms with E-state index in [4.69, 9.17) is 9.47 Å². The average Bonchev–Trinajstić information content (AvgIpc) is 2.55. The van der Waals surface area contributed by atoms with E-state index in [1.807, 2.05) is 0 Å². The number of phenolic OH excluding ortho intramolecular Hbond substituents is 1. The molecule has 0 fully saturated rings. The van der Waals surface area contributed by atoms with Gasteiger partial charge >= 0.3 is 0 Å². The van der Waals surface area contributed by atoms with Crippen molar-refractivity contribution in [2.24, 2.45) is 0 Å². The number of rotatable bonds is 3. The summed E-state index contributed by atoms with van der Waals surface area (Å²) in [6.07, 6.45) is 1.24. The molecule has 1 aromatic carbocycles. The van der Waals surface area contributed by atoms with Gasteiger partial charge < -0.3 is 19.9 Å². The number of phenols is 1. The van der Waals surface area contributed by atoms with Gasteiger partial charge in [-0.1, -0.05) is 0 Å². The smallest absolute Gasteiger partial charge is 0.169 e. The van der Waals surface area contributed by atoms with Crippen LogP contribution in [-0.4, -0.2) is 31.9 Å². The second-order valence-electron chi connectivity index (χ2n) is 3.92. The van der Waals surface area contributed by atoms with Gasteiger partial charge in [-0.2, -0.15) is 0 Å². The molecule has 0 aliphatic carbocycles. The maximum Gasteiger partial charge on any atom is 0.169 e. The maximum atomic E-state index is 13.5. The van der Waals surface area contributed by atoms with Crippen LogP contribution < -0.4 is 14.8 Å². The van der Waals surface area contributed by atoms with E-state index in [0.717, 1.165) is 6.42 Å². The highest BCUT2D eigenvalue weighted by Gasteiger charge is 2.21. The summed E-state index contributed by atoms with van der Waals surface area (Å²) in [7, 11) is 1.80. The fourth-order valence-corrected chi connectivity index (χ4v) is 1.81. The van der Waals surface area contributed by atoms with Gasteiger partial charge in [0.1, 0.15) is 0 Å². The molecule has 2 rings (SSSR count). The first kappa shape index (κ1) is 12.0. The van der Waals surface area contributed by atoms with Crippen molar-refractivity contribution in [3.63, 3.8) is 0 Å². The molecule has 0 saturated carbocycles. The summed E-state index contributed by atoms with van der Waals surface area (Å²) in [5.41, 5.74) is 0.469. The quantitative estimate of drug-likeness (QED) is 0.841. The van der Waals surface area contributed by atoms with Crippen LogP contribution in [0.25, 0.3) is 0 Å². The van der Waals surface area contributed by atoms with Crippen LogP contribution in [0.2, 0.25) is 0 Å². The summed E-state index contributed by atoms with van der Waals surface area (Å²) < 4.78 is 24.5. The van der Waals surface area contributed by atoms with Crippen LogP contribution in [0, 0.1) is 5.82 Å². The highest BCUT2D eigenvalue weighted by molar-refractivity contribution is 5.54. The summed E-state index contributed by atoms with van der Waals surface area (Å²) in [4.78, 5) is 0. The highest BCUT2D eigenvalue weighted by atomic mass is 19.1. The van der Waals surface area contributed by atoms with Crippen molar-refractivity contribution in [2.45, 2.75) is 12.8 Å². The Morgan fingerprint density at radius 1 is 1.41 bits per heavy atom. The van der Waals surface area contributed by atoms with Crippen LogP contribution in [0.4, 0.5) is 4.39 Å². The van der Waals surface area contributed by atoms with E-state index in [0.29, 0.717) is 43.2 Å². The predicted octanol–water partition coefficient (Wildman–Crippen LogP) is 1.45. The average molecular weight is 241 g/mol. The molecule has 0 saturated heterocycles. The number of aromatic hydroxyl groups is 1. The molecule has 0 unspecified atom stereocenters. The Labute approximate surface area is 99.4 Å². The lowest BCUT2D eigenvalue weighted by atomic mass is 10.1. The molecule has 1 heterocycles. The first-order chi connectivity index (χ1) is 8.24. The molecule has 0 amide bonds. The van der Waals surface area contributed by atoms with E-state index in [2.05, 4.69) is 5.32 Å². The Bertz CT molecular complexity index is 409. The third-order valence-electron chi connectivity index (χ3n) is 2.69. The predicted molar refractivity (Wildman–Crippen MR) is 61.3 cm³/mol. The molecule has 0 radical (unpaired) electrons. The molecule has 1 aliphatic rings. The normalized spacial score (nSPS) is 14.5. The third kappa shape index (κ3) is 2.44. The van der Waals surface area contributed by atoms with Crippen LogP contribution in [0.5, 0.6) is 17.2 Å². The lowest BCUT2D eigenvalue weighted by Gasteiger charge is -2.14. The molecule has 5 heteroatoms. The zero-order chi connectivity index (χ0) is 12.3. The van der Waals surface area contributed by atoms with Crippen LogP contribution in [0.15, 0.2) is 6.07 Å². The van der Waals surface area contributed by atoms with Crippen LogP contribution in [0.3, 0.4) is 0 Å². The summed E-state index contributed by atoms with van der Waals surface area (Å²) >= 11 is 0. The van der Waals surface area contributed by atoms with Crippen molar-refractivity contribution < 1.29 is 19.0 Å². The largest absolute Gasteiger partial charge is 0.505 e. The number of likely N-dealkylation sites (N-methyl/N-ethyl adjacent to an activating group) is 1. The molecule has 0 bridgehead atoms. The summed E-state index contributed by atoms with van der Waals surface area (Å²) in [5.74, 6) is -0.162. The Morgan fingerprint density at radius 3 is 2.94 bits per heavy atom. The second kappa shape index (κ2) is 5.23. The third-order valence-corrected chi connectivity index (χ3v) is 2.69. The fourth-order valence-electron chi connectivity index (χ4n) is 1.81. The molecule has 17 heavy (non-hydrogen) atoms. The van der Waals surface area contributed by atoms with E-state index in [9.17, 15) is 9.50 Å². The van der Waals surface area contributed by atoms with E-state index in [1.54, 1.807) is 7.05 Å². The molecular weight excluding hydrogens is 225 g/mol. The number of fused-ring (bicyclic) bond motifs is 1. The monoisotopic (exact) mass is 241 g/mol. The lowest BCUT2D eigenvalue weighted by Crippen LogP contribution is -2.12. The molecule has 4 nitrogen and oxygen atoms in total. The van der Waals surface area contributed by atoms with Gasteiger partial charge in [-0.25, -0.2) is 4.39 Å². The minimum absolute atomic E-state index is 0.343. The van der Waals surface area contributed by atoms with E-state index in [1.165, 1.54) is 6.07 Å². The van der Waals surface area contributed by atoms with Crippen molar-refractivity contribution >= 4 is 0 Å². The first-order valence-electron chi connectivity index (χ1n) is 5.68. The number of hydrogen-bond acceptors (Lipinski definition) is 4. The molecule has 0 spiro atoms. The van der Waals surface area contributed by atoms with Gasteiger partial charge in [-0.15, -0.1) is 0 Å². The van der Waals surface area contributed by atoms with Crippen molar-refractivity contribution in [3.8, 4) is 17.2 Å². The maximum absolute atomic E-state index is 13.5. The molecule has 94 valence electrons. The Hall–Kier alpha value is -1.49. The van der Waals surface area contributed by atoms with Gasteiger partial charge in [-0.05, 0) is 20.0 Å². The number of benzene rings is 1. The van der Waals surface area contributed by atoms with Crippen LogP contribution in [0.1, 0.15) is 12.0 Å². The fraction of sp³-hybridized carbons (Fsp3) is 0.500. The topological polar surface area (TPSA) is 50.7 Å². The Kier molecular flexibility index (Phi) is 3.68. The first-order valence-corrected chi connectivity index (χ1v) is 5.68. The number of ether oxygens (including phenoxy) is 2. The zero-order valence-corrected chi connectivity index (χ0v) is 9.75. The molecule has 1 aromatic rings. The van der Waals surface area contributed by atoms with E-state index >= 15 is 0 Å². The second-order valence-corrected chi connectivity index (χ2v) is 3.92. The Morgan fingerprint density at radius 2 is 2.18 bits per heavy atom. The molecular formula is C12H16FNO3. The van der Waals surface area contributed by atoms with Crippen LogP contribution >= 0.6 is 0 Å². The minimum Gasteiger partial charge on any atom is -0.505 e. The standard InChI is InChI=1S/C12H16FNO3/c1-14-4-3-8-11(15)9(13)7-10-12(8)17-6-2-5-16-10/h7,14-15H,2-6H2,1H3. The highest BCUT2D eigenvalue weighted by Crippen LogP contribution is 2.40. The Balaban J connectivity index is 2.42. The van der Waals surface area contributed by atoms with Gasteiger partial charge in [0.25, 0.3) is 0 Å². The van der Waals surface area contributed by atoms with Crippen molar-refractivity contribution in [2.75, 3.05) is 26.8 Å². The molecule has 0 aromatic heterocycles. The van der Waals surface area contributed by atoms with E-state index in [-0.39, 0.29) is 5.75 Å². The number of halogens is 1. The summed E-state index contributed by atoms with van der Waals surface area (Å²) in [6.45, 7) is 1.65. The van der Waals surface area contributed by atoms with Gasteiger partial charge in [0.05, 0.1) is 13.2 Å².